The van der Waals surface area contributed by atoms with E-state index in [1.165, 1.54) is 4.68 Å². The summed E-state index contributed by atoms with van der Waals surface area (Å²) in [6.07, 6.45) is 0.653. The Balaban J connectivity index is 2.22. The number of nitriles is 1. The zero-order valence-electron chi connectivity index (χ0n) is 10.4. The zero-order valence-corrected chi connectivity index (χ0v) is 10.4. The fourth-order valence-electron chi connectivity index (χ4n) is 2.05. The monoisotopic (exact) mass is 252 g/mol. The second-order valence-corrected chi connectivity index (χ2v) is 4.16. The molecule has 0 bridgehead atoms. The molecule has 0 aliphatic heterocycles. The van der Waals surface area contributed by atoms with Crippen molar-refractivity contribution in [2.24, 2.45) is 0 Å². The highest BCUT2D eigenvalue weighted by molar-refractivity contribution is 5.76. The van der Waals surface area contributed by atoms with Gasteiger partial charge in [-0.05, 0) is 18.6 Å². The van der Waals surface area contributed by atoms with Crippen LogP contribution in [0.25, 0.3) is 17.0 Å². The van der Waals surface area contributed by atoms with Gasteiger partial charge in [0, 0.05) is 0 Å². The number of hydrogen-bond acceptors (Lipinski definition) is 4. The molecule has 6 nitrogen and oxygen atoms in total. The number of aromatic amines is 1. The number of benzene rings is 1. The number of anilines is 1. The van der Waals surface area contributed by atoms with Crippen molar-refractivity contribution in [3.63, 3.8) is 0 Å². The van der Waals surface area contributed by atoms with Gasteiger partial charge in [0.2, 0.25) is 5.95 Å². The molecule has 0 unspecified atom stereocenters. The summed E-state index contributed by atoms with van der Waals surface area (Å²) >= 11 is 0. The Labute approximate surface area is 109 Å². The second kappa shape index (κ2) is 4.14. The van der Waals surface area contributed by atoms with E-state index < -0.39 is 0 Å². The van der Waals surface area contributed by atoms with Crippen molar-refractivity contribution in [2.45, 2.75) is 13.3 Å². The van der Waals surface area contributed by atoms with E-state index in [4.69, 9.17) is 11.0 Å². The number of H-pyrrole nitrogens is 1. The lowest BCUT2D eigenvalue weighted by molar-refractivity contribution is 0.809. The Morgan fingerprint density at radius 2 is 2.21 bits per heavy atom. The maximum Gasteiger partial charge on any atom is 0.231 e. The molecule has 2 heterocycles. The summed E-state index contributed by atoms with van der Waals surface area (Å²) in [5, 5.41) is 13.5. The molecule has 0 fully saturated rings. The quantitative estimate of drug-likeness (QED) is 0.726. The Hall–Kier alpha value is -2.81. The van der Waals surface area contributed by atoms with Crippen molar-refractivity contribution in [1.82, 2.24) is 19.7 Å². The van der Waals surface area contributed by atoms with Crippen LogP contribution < -0.4 is 5.73 Å². The molecule has 3 rings (SSSR count). The van der Waals surface area contributed by atoms with Gasteiger partial charge in [-0.15, -0.1) is 0 Å². The molecular formula is C13H12N6. The number of nitrogens with zero attached hydrogens (tertiary/aromatic N) is 4. The van der Waals surface area contributed by atoms with Crippen LogP contribution in [0.1, 0.15) is 18.2 Å². The summed E-state index contributed by atoms with van der Waals surface area (Å²) in [7, 11) is 0. The molecule has 0 aliphatic rings. The molecule has 0 spiro atoms. The minimum Gasteiger partial charge on any atom is -0.382 e. The van der Waals surface area contributed by atoms with Crippen LogP contribution in [0.3, 0.4) is 0 Å². The number of aryl methyl sites for hydroxylation is 1. The molecule has 0 saturated carbocycles. The number of hydrogen-bond donors (Lipinski definition) is 2. The van der Waals surface area contributed by atoms with Crippen molar-refractivity contribution in [3.05, 3.63) is 35.5 Å². The van der Waals surface area contributed by atoms with E-state index in [0.29, 0.717) is 29.4 Å². The molecule has 0 aliphatic carbocycles. The molecule has 6 heteroatoms. The standard InChI is InChI=1S/C13H12N6/c1-2-9-8(7-14)12(15)19(18-9)13-16-10-5-3-4-6-11(10)17-13/h3-6H,2,15H2,1H3,(H,16,17). The number of fused-ring (bicyclic) bond motifs is 1. The van der Waals surface area contributed by atoms with E-state index in [0.717, 1.165) is 11.0 Å². The Kier molecular flexibility index (Phi) is 2.46. The number of imidazole rings is 1. The van der Waals surface area contributed by atoms with E-state index in [1.54, 1.807) is 0 Å². The average molecular weight is 252 g/mol. The molecule has 0 saturated heterocycles. The van der Waals surface area contributed by atoms with Crippen LogP contribution >= 0.6 is 0 Å². The van der Waals surface area contributed by atoms with Gasteiger partial charge in [-0.3, -0.25) is 0 Å². The van der Waals surface area contributed by atoms with Gasteiger partial charge in [0.15, 0.2) is 0 Å². The van der Waals surface area contributed by atoms with Gasteiger partial charge in [-0.1, -0.05) is 19.1 Å². The molecule has 0 radical (unpaired) electrons. The van der Waals surface area contributed by atoms with Crippen LogP contribution in [-0.4, -0.2) is 19.7 Å². The SMILES string of the molecule is CCc1nn(-c2nc3ccccc3[nH]2)c(N)c1C#N. The molecule has 1 aromatic carbocycles. The normalized spacial score (nSPS) is 10.7. The van der Waals surface area contributed by atoms with E-state index in [9.17, 15) is 0 Å². The number of aromatic nitrogens is 4. The summed E-state index contributed by atoms with van der Waals surface area (Å²) in [6.45, 7) is 1.94. The van der Waals surface area contributed by atoms with E-state index >= 15 is 0 Å². The number of para-hydroxylation sites is 2. The first-order chi connectivity index (χ1) is 9.24. The Bertz CT molecular complexity index is 756. The molecule has 3 N–H and O–H groups in total. The first-order valence-electron chi connectivity index (χ1n) is 5.97. The third-order valence-electron chi connectivity index (χ3n) is 3.02. The van der Waals surface area contributed by atoms with Gasteiger partial charge in [-0.25, -0.2) is 4.98 Å². The number of rotatable bonds is 2. The number of nitrogens with two attached hydrogens (primary N) is 1. The molecule has 0 atom stereocenters. The van der Waals surface area contributed by atoms with Crippen LogP contribution in [0.2, 0.25) is 0 Å². The highest BCUT2D eigenvalue weighted by atomic mass is 15.4. The minimum atomic E-state index is 0.318. The van der Waals surface area contributed by atoms with E-state index in [1.807, 2.05) is 31.2 Å². The second-order valence-electron chi connectivity index (χ2n) is 4.16. The molecule has 94 valence electrons. The Morgan fingerprint density at radius 1 is 1.42 bits per heavy atom. The minimum absolute atomic E-state index is 0.318. The van der Waals surface area contributed by atoms with Crippen LogP contribution in [0.15, 0.2) is 24.3 Å². The lowest BCUT2D eigenvalue weighted by atomic mass is 10.2. The third kappa shape index (κ3) is 1.64. The van der Waals surface area contributed by atoms with Crippen LogP contribution in [0.4, 0.5) is 5.82 Å². The van der Waals surface area contributed by atoms with Crippen molar-refractivity contribution < 1.29 is 0 Å². The summed E-state index contributed by atoms with van der Waals surface area (Å²) in [4.78, 5) is 7.56. The third-order valence-corrected chi connectivity index (χ3v) is 3.02. The fraction of sp³-hybridized carbons (Fsp3) is 0.154. The summed E-state index contributed by atoms with van der Waals surface area (Å²) in [6, 6.07) is 9.76. The fourth-order valence-corrected chi connectivity index (χ4v) is 2.05. The molecule has 3 aromatic rings. The highest BCUT2D eigenvalue weighted by Crippen LogP contribution is 2.21. The van der Waals surface area contributed by atoms with Crippen molar-refractivity contribution in [1.29, 1.82) is 5.26 Å². The topological polar surface area (TPSA) is 96.3 Å². The zero-order chi connectivity index (χ0) is 13.4. The van der Waals surface area contributed by atoms with Crippen LogP contribution in [-0.2, 0) is 6.42 Å². The molecule has 2 aromatic heterocycles. The van der Waals surface area contributed by atoms with Gasteiger partial charge in [0.05, 0.1) is 16.7 Å². The lowest BCUT2D eigenvalue weighted by Gasteiger charge is -1.97. The van der Waals surface area contributed by atoms with Crippen LogP contribution in [0.5, 0.6) is 0 Å². The van der Waals surface area contributed by atoms with Gasteiger partial charge in [-0.2, -0.15) is 15.0 Å². The van der Waals surface area contributed by atoms with Crippen LogP contribution in [0, 0.1) is 11.3 Å². The van der Waals surface area contributed by atoms with Gasteiger partial charge in [0.25, 0.3) is 0 Å². The summed E-state index contributed by atoms with van der Waals surface area (Å²) < 4.78 is 1.48. The van der Waals surface area contributed by atoms with Gasteiger partial charge in [0.1, 0.15) is 17.5 Å². The molecular weight excluding hydrogens is 240 g/mol. The predicted molar refractivity (Wildman–Crippen MR) is 71.7 cm³/mol. The van der Waals surface area contributed by atoms with E-state index in [2.05, 4.69) is 21.1 Å². The van der Waals surface area contributed by atoms with E-state index in [-0.39, 0.29) is 0 Å². The lowest BCUT2D eigenvalue weighted by Crippen LogP contribution is -2.04. The largest absolute Gasteiger partial charge is 0.382 e. The van der Waals surface area contributed by atoms with Gasteiger partial charge < -0.3 is 10.7 Å². The van der Waals surface area contributed by atoms with Crippen molar-refractivity contribution >= 4 is 16.9 Å². The van der Waals surface area contributed by atoms with Crippen molar-refractivity contribution in [3.8, 4) is 12.0 Å². The number of nitrogen functional groups attached to an aromatic ring is 1. The van der Waals surface area contributed by atoms with Gasteiger partial charge >= 0.3 is 0 Å². The molecule has 19 heavy (non-hydrogen) atoms. The average Bonchev–Trinajstić information content (AvgIpc) is 2.98. The summed E-state index contributed by atoms with van der Waals surface area (Å²) in [5.41, 5.74) is 8.81. The first-order valence-corrected chi connectivity index (χ1v) is 5.97. The Morgan fingerprint density at radius 3 is 2.84 bits per heavy atom. The van der Waals surface area contributed by atoms with Crippen molar-refractivity contribution in [2.75, 3.05) is 5.73 Å². The highest BCUT2D eigenvalue weighted by Gasteiger charge is 2.17. The maximum absolute atomic E-state index is 9.12. The predicted octanol–water partition coefficient (Wildman–Crippen LogP) is 1.76. The smallest absolute Gasteiger partial charge is 0.231 e. The summed E-state index contributed by atoms with van der Waals surface area (Å²) in [5.74, 6) is 0.841. The maximum atomic E-state index is 9.12. The molecule has 0 amide bonds. The number of nitrogens with one attached hydrogen (secondary N) is 1. The first kappa shape index (κ1) is 11.3.